The van der Waals surface area contributed by atoms with Crippen LogP contribution in [0.5, 0.6) is 0 Å². The molecule has 16 heavy (non-hydrogen) atoms. The van der Waals surface area contributed by atoms with Gasteiger partial charge in [-0.2, -0.15) is 0 Å². The number of aryl methyl sites for hydroxylation is 1. The van der Waals surface area contributed by atoms with Crippen molar-refractivity contribution in [2.45, 2.75) is 13.3 Å². The number of hydrogen-bond donors (Lipinski definition) is 2. The molecule has 0 aliphatic rings. The summed E-state index contributed by atoms with van der Waals surface area (Å²) in [5, 5.41) is 2.80. The Balaban J connectivity index is 2.68. The number of nitrogens with one attached hydrogen (secondary N) is 1. The number of nitrogens with zero attached hydrogens (tertiary/aromatic N) is 1. The molecule has 0 bridgehead atoms. The van der Waals surface area contributed by atoms with Gasteiger partial charge < -0.3 is 16.0 Å². The molecule has 0 aromatic heterocycles. The van der Waals surface area contributed by atoms with Gasteiger partial charge in [0.15, 0.2) is 0 Å². The van der Waals surface area contributed by atoms with Gasteiger partial charge in [0, 0.05) is 11.4 Å². The second-order valence-corrected chi connectivity index (χ2v) is 4.05. The molecule has 0 radical (unpaired) electrons. The minimum Gasteiger partial charge on any atom is -0.398 e. The van der Waals surface area contributed by atoms with Crippen molar-refractivity contribution in [2.24, 2.45) is 0 Å². The highest BCUT2D eigenvalue weighted by molar-refractivity contribution is 5.92. The first-order chi connectivity index (χ1) is 7.52. The lowest BCUT2D eigenvalue weighted by molar-refractivity contribution is -0.116. The molecule has 0 saturated carbocycles. The van der Waals surface area contributed by atoms with Crippen molar-refractivity contribution in [1.29, 1.82) is 0 Å². The van der Waals surface area contributed by atoms with Crippen LogP contribution in [0.3, 0.4) is 0 Å². The Morgan fingerprint density at radius 1 is 1.44 bits per heavy atom. The first kappa shape index (κ1) is 12.5. The van der Waals surface area contributed by atoms with E-state index in [0.717, 1.165) is 23.4 Å². The van der Waals surface area contributed by atoms with E-state index < -0.39 is 0 Å². The van der Waals surface area contributed by atoms with Gasteiger partial charge in [0.05, 0.1) is 6.54 Å². The minimum atomic E-state index is -0.0337. The van der Waals surface area contributed by atoms with E-state index in [9.17, 15) is 4.79 Å². The molecule has 0 aliphatic heterocycles. The molecule has 0 aliphatic carbocycles. The SMILES string of the molecule is CCc1ccc(NC(=O)CN(C)C)cc1N. The Labute approximate surface area is 96.4 Å². The van der Waals surface area contributed by atoms with Gasteiger partial charge in [-0.15, -0.1) is 0 Å². The molecule has 0 atom stereocenters. The van der Waals surface area contributed by atoms with E-state index in [1.807, 2.05) is 31.1 Å². The number of benzene rings is 1. The zero-order valence-corrected chi connectivity index (χ0v) is 10.1. The molecule has 0 fully saturated rings. The fraction of sp³-hybridized carbons (Fsp3) is 0.417. The lowest BCUT2D eigenvalue weighted by Gasteiger charge is -2.11. The molecule has 4 heteroatoms. The fourth-order valence-corrected chi connectivity index (χ4v) is 1.48. The number of nitrogens with two attached hydrogens (primary N) is 1. The summed E-state index contributed by atoms with van der Waals surface area (Å²) in [4.78, 5) is 13.3. The van der Waals surface area contributed by atoms with Crippen molar-refractivity contribution in [3.8, 4) is 0 Å². The van der Waals surface area contributed by atoms with Crippen molar-refractivity contribution < 1.29 is 4.79 Å². The second-order valence-electron chi connectivity index (χ2n) is 4.05. The third kappa shape index (κ3) is 3.55. The van der Waals surface area contributed by atoms with E-state index >= 15 is 0 Å². The summed E-state index contributed by atoms with van der Waals surface area (Å²) in [6.07, 6.45) is 0.901. The molecular weight excluding hydrogens is 202 g/mol. The van der Waals surface area contributed by atoms with Gasteiger partial charge >= 0.3 is 0 Å². The molecule has 88 valence electrons. The van der Waals surface area contributed by atoms with E-state index in [1.165, 1.54) is 0 Å². The van der Waals surface area contributed by atoms with Crippen molar-refractivity contribution in [1.82, 2.24) is 4.90 Å². The lowest BCUT2D eigenvalue weighted by atomic mass is 10.1. The summed E-state index contributed by atoms with van der Waals surface area (Å²) in [7, 11) is 3.71. The highest BCUT2D eigenvalue weighted by Crippen LogP contribution is 2.18. The van der Waals surface area contributed by atoms with Crippen LogP contribution in [0.25, 0.3) is 0 Å². The molecule has 0 heterocycles. The average Bonchev–Trinajstić information content (AvgIpc) is 2.16. The Bertz CT molecular complexity index is 375. The fourth-order valence-electron chi connectivity index (χ4n) is 1.48. The van der Waals surface area contributed by atoms with E-state index in [0.29, 0.717) is 6.54 Å². The van der Waals surface area contributed by atoms with Crippen LogP contribution >= 0.6 is 0 Å². The van der Waals surface area contributed by atoms with Crippen LogP contribution in [0, 0.1) is 0 Å². The molecule has 1 rings (SSSR count). The molecular formula is C12H19N3O. The number of carbonyl (C=O) groups excluding carboxylic acids is 1. The molecule has 0 spiro atoms. The Morgan fingerprint density at radius 2 is 2.12 bits per heavy atom. The maximum atomic E-state index is 11.5. The zero-order chi connectivity index (χ0) is 12.1. The van der Waals surface area contributed by atoms with Gasteiger partial charge in [0.2, 0.25) is 5.91 Å². The van der Waals surface area contributed by atoms with Crippen LogP contribution < -0.4 is 11.1 Å². The summed E-state index contributed by atoms with van der Waals surface area (Å²) in [5.41, 5.74) is 8.43. The number of anilines is 2. The lowest BCUT2D eigenvalue weighted by Crippen LogP contribution is -2.27. The molecule has 1 amide bonds. The van der Waals surface area contributed by atoms with Gasteiger partial charge in [0.1, 0.15) is 0 Å². The molecule has 0 unspecified atom stereocenters. The summed E-state index contributed by atoms with van der Waals surface area (Å²) in [6.45, 7) is 2.42. The van der Waals surface area contributed by atoms with Gasteiger partial charge in [-0.1, -0.05) is 13.0 Å². The third-order valence-corrected chi connectivity index (χ3v) is 2.27. The number of nitrogen functional groups attached to an aromatic ring is 1. The number of carbonyl (C=O) groups is 1. The van der Waals surface area contributed by atoms with Gasteiger partial charge in [-0.25, -0.2) is 0 Å². The minimum absolute atomic E-state index is 0.0337. The summed E-state index contributed by atoms with van der Waals surface area (Å²) < 4.78 is 0. The van der Waals surface area contributed by atoms with Crippen molar-refractivity contribution in [2.75, 3.05) is 31.7 Å². The van der Waals surface area contributed by atoms with Crippen LogP contribution in [0.4, 0.5) is 11.4 Å². The van der Waals surface area contributed by atoms with Crippen LogP contribution in [-0.2, 0) is 11.2 Å². The molecule has 4 nitrogen and oxygen atoms in total. The molecule has 1 aromatic rings. The van der Waals surface area contributed by atoms with Crippen LogP contribution in [-0.4, -0.2) is 31.4 Å². The Hall–Kier alpha value is -1.55. The monoisotopic (exact) mass is 221 g/mol. The number of amides is 1. The van der Waals surface area contributed by atoms with Crippen LogP contribution in [0.15, 0.2) is 18.2 Å². The molecule has 3 N–H and O–H groups in total. The number of hydrogen-bond acceptors (Lipinski definition) is 3. The van der Waals surface area contributed by atoms with E-state index in [1.54, 1.807) is 6.07 Å². The molecule has 0 saturated heterocycles. The average molecular weight is 221 g/mol. The van der Waals surface area contributed by atoms with E-state index in [4.69, 9.17) is 5.73 Å². The zero-order valence-electron chi connectivity index (χ0n) is 10.1. The standard InChI is InChI=1S/C12H19N3O/c1-4-9-5-6-10(7-11(9)13)14-12(16)8-15(2)3/h5-7H,4,8,13H2,1-3H3,(H,14,16). The summed E-state index contributed by atoms with van der Waals surface area (Å²) in [5.74, 6) is -0.0337. The van der Waals surface area contributed by atoms with E-state index in [-0.39, 0.29) is 5.91 Å². The van der Waals surface area contributed by atoms with Crippen molar-refractivity contribution in [3.63, 3.8) is 0 Å². The second kappa shape index (κ2) is 5.51. The highest BCUT2D eigenvalue weighted by atomic mass is 16.2. The first-order valence-electron chi connectivity index (χ1n) is 5.36. The van der Waals surface area contributed by atoms with Gasteiger partial charge in [-0.05, 0) is 38.2 Å². The number of likely N-dealkylation sites (N-methyl/N-ethyl adjacent to an activating group) is 1. The normalized spacial score (nSPS) is 10.5. The predicted octanol–water partition coefficient (Wildman–Crippen LogP) is 1.33. The quantitative estimate of drug-likeness (QED) is 0.754. The Kier molecular flexibility index (Phi) is 4.31. The maximum absolute atomic E-state index is 11.5. The smallest absolute Gasteiger partial charge is 0.238 e. The number of rotatable bonds is 4. The van der Waals surface area contributed by atoms with Gasteiger partial charge in [-0.3, -0.25) is 4.79 Å². The maximum Gasteiger partial charge on any atom is 0.238 e. The van der Waals surface area contributed by atoms with Crippen LogP contribution in [0.1, 0.15) is 12.5 Å². The van der Waals surface area contributed by atoms with E-state index in [2.05, 4.69) is 12.2 Å². The predicted molar refractivity (Wildman–Crippen MR) is 67.4 cm³/mol. The van der Waals surface area contributed by atoms with Crippen molar-refractivity contribution >= 4 is 17.3 Å². The first-order valence-corrected chi connectivity index (χ1v) is 5.36. The largest absolute Gasteiger partial charge is 0.398 e. The Morgan fingerprint density at radius 3 is 2.62 bits per heavy atom. The highest BCUT2D eigenvalue weighted by Gasteiger charge is 2.04. The van der Waals surface area contributed by atoms with Gasteiger partial charge in [0.25, 0.3) is 0 Å². The third-order valence-electron chi connectivity index (χ3n) is 2.27. The molecule has 1 aromatic carbocycles. The topological polar surface area (TPSA) is 58.4 Å². The van der Waals surface area contributed by atoms with Crippen molar-refractivity contribution in [3.05, 3.63) is 23.8 Å². The summed E-state index contributed by atoms with van der Waals surface area (Å²) in [6, 6.07) is 5.62. The summed E-state index contributed by atoms with van der Waals surface area (Å²) >= 11 is 0. The van der Waals surface area contributed by atoms with Crippen LogP contribution in [0.2, 0.25) is 0 Å².